The summed E-state index contributed by atoms with van der Waals surface area (Å²) >= 11 is 0. The number of nitrogens with one attached hydrogen (secondary N) is 2. The zero-order valence-electron chi connectivity index (χ0n) is 25.7. The summed E-state index contributed by atoms with van der Waals surface area (Å²) in [5.74, 6) is 0.764. The third-order valence-electron chi connectivity index (χ3n) is 8.73. The predicted octanol–water partition coefficient (Wildman–Crippen LogP) is 9.94. The van der Waals surface area contributed by atoms with Gasteiger partial charge in [-0.3, -0.25) is 5.41 Å². The molecular weight excluding hydrogens is 590 g/mol. The third kappa shape index (κ3) is 4.84. The van der Waals surface area contributed by atoms with E-state index in [0.29, 0.717) is 22.6 Å². The Morgan fingerprint density at radius 3 is 2.15 bits per heavy atom. The van der Waals surface area contributed by atoms with E-state index in [4.69, 9.17) is 24.8 Å². The number of oxazole rings is 1. The molecule has 0 aliphatic heterocycles. The summed E-state index contributed by atoms with van der Waals surface area (Å²) in [4.78, 5) is 17.9. The summed E-state index contributed by atoms with van der Waals surface area (Å²) in [6.45, 7) is 0. The molecule has 6 nitrogen and oxygen atoms in total. The Labute approximate surface area is 275 Å². The second-order valence-corrected chi connectivity index (χ2v) is 11.8. The van der Waals surface area contributed by atoms with Crippen LogP contribution in [0.5, 0.6) is 0 Å². The van der Waals surface area contributed by atoms with Crippen LogP contribution in [0, 0.1) is 5.41 Å². The summed E-state index contributed by atoms with van der Waals surface area (Å²) in [6, 6.07) is 50.7. The Morgan fingerprint density at radius 1 is 0.583 bits per heavy atom. The quantitative estimate of drug-likeness (QED) is 0.117. The predicted molar refractivity (Wildman–Crippen MR) is 194 cm³/mol. The van der Waals surface area contributed by atoms with Crippen LogP contribution in [0.3, 0.4) is 0 Å². The molecule has 0 saturated heterocycles. The van der Waals surface area contributed by atoms with Crippen LogP contribution in [0.15, 0.2) is 161 Å². The monoisotopic (exact) mass is 617 g/mol. The van der Waals surface area contributed by atoms with Gasteiger partial charge in [-0.25, -0.2) is 15.0 Å². The molecule has 2 N–H and O–H groups in total. The summed E-state index contributed by atoms with van der Waals surface area (Å²) in [5, 5.41) is 13.4. The fourth-order valence-electron chi connectivity index (χ4n) is 6.35. The molecule has 9 rings (SSSR count). The lowest BCUT2D eigenvalue weighted by Crippen LogP contribution is -2.16. The van der Waals surface area contributed by atoms with E-state index >= 15 is 0 Å². The first-order valence-electron chi connectivity index (χ1n) is 15.8. The van der Waals surface area contributed by atoms with Crippen LogP contribution in [-0.2, 0) is 0 Å². The molecule has 0 fully saturated rings. The third-order valence-corrected chi connectivity index (χ3v) is 8.73. The molecule has 48 heavy (non-hydrogen) atoms. The van der Waals surface area contributed by atoms with Crippen molar-refractivity contribution in [2.75, 3.05) is 0 Å². The van der Waals surface area contributed by atoms with Gasteiger partial charge in [0.15, 0.2) is 16.9 Å². The number of nitrogens with zero attached hydrogens (tertiary/aromatic N) is 3. The number of amidine groups is 1. The van der Waals surface area contributed by atoms with Gasteiger partial charge in [-0.15, -0.1) is 0 Å². The van der Waals surface area contributed by atoms with Crippen molar-refractivity contribution in [2.45, 2.75) is 0 Å². The summed E-state index contributed by atoms with van der Waals surface area (Å²) < 4.78 is 6.39. The average Bonchev–Trinajstić information content (AvgIpc) is 3.60. The molecule has 226 valence electrons. The van der Waals surface area contributed by atoms with Crippen molar-refractivity contribution in [3.8, 4) is 33.8 Å². The molecule has 2 aromatic heterocycles. The molecule has 0 radical (unpaired) electrons. The van der Waals surface area contributed by atoms with E-state index in [1.807, 2.05) is 109 Å². The van der Waals surface area contributed by atoms with Gasteiger partial charge in [0.2, 0.25) is 5.89 Å². The van der Waals surface area contributed by atoms with Crippen LogP contribution in [-0.4, -0.2) is 20.8 Å². The number of rotatable bonds is 4. The fraction of sp³-hybridized carbons (Fsp3) is 0. The lowest BCUT2D eigenvalue weighted by atomic mass is 9.96. The van der Waals surface area contributed by atoms with Gasteiger partial charge in [0.1, 0.15) is 11.2 Å². The first kappa shape index (κ1) is 27.6. The second kappa shape index (κ2) is 11.3. The zero-order valence-corrected chi connectivity index (χ0v) is 25.7. The minimum atomic E-state index is 0.149. The maximum Gasteiger partial charge on any atom is 0.227 e. The lowest BCUT2D eigenvalue weighted by molar-refractivity contribution is 0.623. The number of H-pyrrole nitrogens is 1. The van der Waals surface area contributed by atoms with Crippen LogP contribution in [0.25, 0.3) is 77.5 Å². The van der Waals surface area contributed by atoms with Gasteiger partial charge in [0, 0.05) is 22.1 Å². The van der Waals surface area contributed by atoms with Crippen LogP contribution in [0.2, 0.25) is 0 Å². The molecular formula is C42H27N5O. The Kier molecular flexibility index (Phi) is 6.50. The first-order valence-corrected chi connectivity index (χ1v) is 15.8. The Morgan fingerprint density at radius 2 is 1.29 bits per heavy atom. The van der Waals surface area contributed by atoms with E-state index in [-0.39, 0.29) is 5.84 Å². The number of aromatic nitrogens is 3. The second-order valence-electron chi connectivity index (χ2n) is 11.8. The van der Waals surface area contributed by atoms with Crippen molar-refractivity contribution in [3.63, 3.8) is 0 Å². The van der Waals surface area contributed by atoms with Gasteiger partial charge >= 0.3 is 0 Å². The minimum Gasteiger partial charge on any atom is -0.435 e. The highest BCUT2D eigenvalue weighted by Gasteiger charge is 2.14. The van der Waals surface area contributed by atoms with E-state index in [1.54, 1.807) is 0 Å². The number of hydrogen-bond donors (Lipinski definition) is 2. The van der Waals surface area contributed by atoms with Gasteiger partial charge in [-0.2, -0.15) is 0 Å². The van der Waals surface area contributed by atoms with E-state index in [0.717, 1.165) is 65.9 Å². The molecule has 7 aromatic carbocycles. The zero-order chi connectivity index (χ0) is 32.0. The molecule has 0 aliphatic carbocycles. The number of aromatic amines is 1. The van der Waals surface area contributed by atoms with E-state index < -0.39 is 0 Å². The highest BCUT2D eigenvalue weighted by molar-refractivity contribution is 6.18. The summed E-state index contributed by atoms with van der Waals surface area (Å²) in [7, 11) is 0. The Balaban J connectivity index is 1.12. The molecule has 0 unspecified atom stereocenters. The summed E-state index contributed by atoms with van der Waals surface area (Å²) in [6.07, 6.45) is 0. The molecule has 9 aromatic rings. The topological polar surface area (TPSA) is 90.9 Å². The Hall–Kier alpha value is -6.66. The molecule has 0 atom stereocenters. The van der Waals surface area contributed by atoms with E-state index in [2.05, 4.69) is 47.4 Å². The first-order chi connectivity index (χ1) is 23.7. The van der Waals surface area contributed by atoms with Gasteiger partial charge in [0.25, 0.3) is 0 Å². The number of hydrogen-bond acceptors (Lipinski definition) is 4. The summed E-state index contributed by atoms with van der Waals surface area (Å²) in [5.41, 5.74) is 9.22. The van der Waals surface area contributed by atoms with Gasteiger partial charge < -0.3 is 9.40 Å². The lowest BCUT2D eigenvalue weighted by Gasteiger charge is -2.09. The number of fused-ring (bicyclic) bond motifs is 6. The molecule has 2 heterocycles. The number of benzene rings is 7. The Bertz CT molecular complexity index is 2740. The van der Waals surface area contributed by atoms with Crippen molar-refractivity contribution < 1.29 is 4.42 Å². The van der Waals surface area contributed by atoms with Crippen molar-refractivity contribution in [1.82, 2.24) is 15.0 Å². The fourth-order valence-corrected chi connectivity index (χ4v) is 6.35. The van der Waals surface area contributed by atoms with E-state index in [1.165, 1.54) is 0 Å². The molecule has 0 spiro atoms. The highest BCUT2D eigenvalue weighted by Crippen LogP contribution is 2.36. The van der Waals surface area contributed by atoms with Crippen molar-refractivity contribution in [3.05, 3.63) is 163 Å². The van der Waals surface area contributed by atoms with Crippen molar-refractivity contribution >= 4 is 49.5 Å². The minimum absolute atomic E-state index is 0.149. The van der Waals surface area contributed by atoms with Crippen LogP contribution in [0.4, 0.5) is 0 Å². The van der Waals surface area contributed by atoms with Crippen molar-refractivity contribution in [1.29, 1.82) is 5.41 Å². The molecule has 0 aliphatic rings. The van der Waals surface area contributed by atoms with Gasteiger partial charge in [-0.05, 0) is 69.8 Å². The molecule has 0 saturated carbocycles. The van der Waals surface area contributed by atoms with Crippen LogP contribution in [0.1, 0.15) is 5.56 Å². The molecule has 6 heteroatoms. The number of para-hydroxylation sites is 2. The molecule has 0 bridgehead atoms. The largest absolute Gasteiger partial charge is 0.435 e. The van der Waals surface area contributed by atoms with Gasteiger partial charge in [-0.1, -0.05) is 109 Å². The van der Waals surface area contributed by atoms with Gasteiger partial charge in [0.05, 0.1) is 11.0 Å². The highest BCUT2D eigenvalue weighted by atomic mass is 16.3. The van der Waals surface area contributed by atoms with E-state index in [9.17, 15) is 0 Å². The van der Waals surface area contributed by atoms with Crippen LogP contribution >= 0.6 is 0 Å². The normalized spacial score (nSPS) is 12.0. The SMILES string of the molecule is N=C(N=c1[nH]c2ccccc2nc1-c1ccccc1)c1cccc(-c2ccc3c(ccc4ccc5nc(-c6ccccc6)oc5c43)c2)c1. The standard InChI is InChI=1S/C42H27N5O/c43-40(47-41-38(27-10-3-1-4-11-27)44-34-16-7-8-17-35(34)45-41)32-15-9-14-29(25-32)30-20-22-33-31(24-30)19-18-26-21-23-36-39(37(26)33)48-42(46-36)28-12-5-2-6-13-28/h1-25H,(H2,43,45,47). The maximum absolute atomic E-state index is 9.03. The molecule has 0 amide bonds. The van der Waals surface area contributed by atoms with Crippen LogP contribution < -0.4 is 5.49 Å². The smallest absolute Gasteiger partial charge is 0.227 e. The van der Waals surface area contributed by atoms with Crippen molar-refractivity contribution in [2.24, 2.45) is 4.99 Å². The maximum atomic E-state index is 9.03. The average molecular weight is 618 g/mol.